The molecule has 0 amide bonds. The maximum Gasteiger partial charge on any atom is 0.0467 e. The van der Waals surface area contributed by atoms with Gasteiger partial charge in [-0.1, -0.05) is 176 Å². The Labute approximate surface area is 356 Å². The van der Waals surface area contributed by atoms with Crippen molar-refractivity contribution >= 4 is 49.4 Å². The minimum Gasteiger partial charge on any atom is -0.310 e. The molecule has 0 atom stereocenters. The van der Waals surface area contributed by atoms with Crippen molar-refractivity contribution in [1.29, 1.82) is 0 Å². The summed E-state index contributed by atoms with van der Waals surface area (Å²) in [5, 5.41) is 7.68. The van der Waals surface area contributed by atoms with Crippen LogP contribution >= 0.6 is 0 Å². The fraction of sp³-hybridized carbons (Fsp3) is 0. The Hall–Kier alpha value is -8.00. The van der Waals surface area contributed by atoms with Crippen molar-refractivity contribution in [1.82, 2.24) is 0 Å². The zero-order valence-electron chi connectivity index (χ0n) is 33.5. The molecule has 11 aromatic rings. The molecule has 0 aliphatic heterocycles. The van der Waals surface area contributed by atoms with E-state index in [1.807, 2.05) is 0 Å². The molecular formula is C60H39N. The molecule has 284 valence electrons. The van der Waals surface area contributed by atoms with Gasteiger partial charge >= 0.3 is 0 Å². The van der Waals surface area contributed by atoms with Gasteiger partial charge in [-0.05, 0) is 160 Å². The Morgan fingerprint density at radius 2 is 0.656 bits per heavy atom. The Bertz CT molecular complexity index is 3440. The summed E-state index contributed by atoms with van der Waals surface area (Å²) in [7, 11) is 0. The third-order valence-corrected chi connectivity index (χ3v) is 12.6. The van der Waals surface area contributed by atoms with Gasteiger partial charge < -0.3 is 4.90 Å². The third-order valence-electron chi connectivity index (χ3n) is 12.6. The highest BCUT2D eigenvalue weighted by molar-refractivity contribution is 6.16. The first-order chi connectivity index (χ1) is 30.2. The molecule has 1 nitrogen and oxygen atoms in total. The van der Waals surface area contributed by atoms with E-state index in [4.69, 9.17) is 0 Å². The van der Waals surface area contributed by atoms with Crippen LogP contribution < -0.4 is 4.90 Å². The van der Waals surface area contributed by atoms with Gasteiger partial charge in [-0.3, -0.25) is 0 Å². The van der Waals surface area contributed by atoms with Crippen LogP contribution in [0.3, 0.4) is 0 Å². The molecule has 0 spiro atoms. The second-order valence-corrected chi connectivity index (χ2v) is 16.1. The number of nitrogens with zero attached hydrogens (tertiary/aromatic N) is 1. The van der Waals surface area contributed by atoms with Crippen LogP contribution in [0.1, 0.15) is 0 Å². The normalized spacial score (nSPS) is 11.6. The van der Waals surface area contributed by atoms with Gasteiger partial charge in [0.1, 0.15) is 0 Å². The van der Waals surface area contributed by atoms with Crippen LogP contribution in [-0.4, -0.2) is 0 Å². The lowest BCUT2D eigenvalue weighted by Gasteiger charge is -2.26. The highest BCUT2D eigenvalue weighted by atomic mass is 15.1. The van der Waals surface area contributed by atoms with Crippen molar-refractivity contribution in [2.45, 2.75) is 0 Å². The minimum absolute atomic E-state index is 1.10. The molecule has 1 heteroatoms. The van der Waals surface area contributed by atoms with Crippen LogP contribution in [0.2, 0.25) is 0 Å². The van der Waals surface area contributed by atoms with Crippen molar-refractivity contribution in [3.8, 4) is 66.8 Å². The van der Waals surface area contributed by atoms with Gasteiger partial charge in [0.25, 0.3) is 0 Å². The summed E-state index contributed by atoms with van der Waals surface area (Å²) in [6.45, 7) is 0. The average Bonchev–Trinajstić information content (AvgIpc) is 3.66. The van der Waals surface area contributed by atoms with E-state index in [9.17, 15) is 0 Å². The standard InChI is InChI=1S/C60H39N/c1-3-11-40(12-4-1)44-15-9-17-53(38-44)61(52-31-25-43(26-32-52)50-37-49-16-10-20-58-56-18-7-8-19-57(56)59(39-50)60(49)58)51-29-23-42(24-30-51)46-28-34-55-48(36-46)22-21-47-35-45(27-33-54(47)55)41-13-5-2-6-14-41/h1-39H. The van der Waals surface area contributed by atoms with E-state index in [1.165, 1.54) is 99.1 Å². The van der Waals surface area contributed by atoms with Crippen molar-refractivity contribution < 1.29 is 0 Å². The smallest absolute Gasteiger partial charge is 0.0467 e. The van der Waals surface area contributed by atoms with Gasteiger partial charge in [-0.15, -0.1) is 0 Å². The molecule has 0 saturated heterocycles. The maximum absolute atomic E-state index is 2.38. The Kier molecular flexibility index (Phi) is 8.25. The van der Waals surface area contributed by atoms with Crippen molar-refractivity contribution in [3.05, 3.63) is 237 Å². The van der Waals surface area contributed by atoms with Crippen LogP contribution in [0.15, 0.2) is 237 Å². The monoisotopic (exact) mass is 773 g/mol. The van der Waals surface area contributed by atoms with Gasteiger partial charge in [0.2, 0.25) is 0 Å². The second-order valence-electron chi connectivity index (χ2n) is 16.1. The molecule has 1 aliphatic rings. The van der Waals surface area contributed by atoms with E-state index in [0.29, 0.717) is 0 Å². The summed E-state index contributed by atoms with van der Waals surface area (Å²) >= 11 is 0. The molecule has 0 heterocycles. The summed E-state index contributed by atoms with van der Waals surface area (Å²) in [6, 6.07) is 86.7. The highest BCUT2D eigenvalue weighted by Gasteiger charge is 2.22. The van der Waals surface area contributed by atoms with Gasteiger partial charge in [-0.25, -0.2) is 0 Å². The number of rotatable bonds is 7. The van der Waals surface area contributed by atoms with Gasteiger partial charge in [0.05, 0.1) is 0 Å². The van der Waals surface area contributed by atoms with Crippen molar-refractivity contribution in [3.63, 3.8) is 0 Å². The lowest BCUT2D eigenvalue weighted by Crippen LogP contribution is -2.10. The van der Waals surface area contributed by atoms with Crippen LogP contribution in [0, 0.1) is 0 Å². The number of anilines is 3. The molecular weight excluding hydrogens is 735 g/mol. The van der Waals surface area contributed by atoms with Crippen LogP contribution in [-0.2, 0) is 0 Å². The molecule has 12 rings (SSSR count). The highest BCUT2D eigenvalue weighted by Crippen LogP contribution is 2.49. The molecule has 0 saturated carbocycles. The third kappa shape index (κ3) is 6.10. The largest absolute Gasteiger partial charge is 0.310 e. The van der Waals surface area contributed by atoms with Crippen LogP contribution in [0.25, 0.3) is 99.1 Å². The molecule has 0 N–H and O–H groups in total. The molecule has 1 aliphatic carbocycles. The van der Waals surface area contributed by atoms with Crippen molar-refractivity contribution in [2.75, 3.05) is 4.90 Å². The summed E-state index contributed by atoms with van der Waals surface area (Å²) < 4.78 is 0. The number of hydrogen-bond donors (Lipinski definition) is 0. The zero-order valence-corrected chi connectivity index (χ0v) is 33.5. The topological polar surface area (TPSA) is 3.24 Å². The zero-order chi connectivity index (χ0) is 40.3. The summed E-state index contributed by atoms with van der Waals surface area (Å²) in [6.07, 6.45) is 0. The van der Waals surface area contributed by atoms with E-state index < -0.39 is 0 Å². The molecule has 0 radical (unpaired) electrons. The fourth-order valence-corrected chi connectivity index (χ4v) is 9.55. The van der Waals surface area contributed by atoms with Crippen LogP contribution in [0.5, 0.6) is 0 Å². The van der Waals surface area contributed by atoms with Gasteiger partial charge in [0, 0.05) is 17.1 Å². The average molecular weight is 774 g/mol. The summed E-state index contributed by atoms with van der Waals surface area (Å²) in [5.41, 5.74) is 18.3. The summed E-state index contributed by atoms with van der Waals surface area (Å²) in [4.78, 5) is 2.37. The van der Waals surface area contributed by atoms with Gasteiger partial charge in [0.15, 0.2) is 0 Å². The fourth-order valence-electron chi connectivity index (χ4n) is 9.55. The van der Waals surface area contributed by atoms with E-state index in [1.54, 1.807) is 0 Å². The molecule has 11 aromatic carbocycles. The van der Waals surface area contributed by atoms with E-state index in [0.717, 1.165) is 17.1 Å². The van der Waals surface area contributed by atoms with Crippen molar-refractivity contribution in [2.24, 2.45) is 0 Å². The lowest BCUT2D eigenvalue weighted by molar-refractivity contribution is 1.28. The number of benzene rings is 11. The quantitative estimate of drug-likeness (QED) is 0.146. The molecule has 61 heavy (non-hydrogen) atoms. The predicted octanol–water partition coefficient (Wildman–Crippen LogP) is 16.9. The Morgan fingerprint density at radius 1 is 0.213 bits per heavy atom. The van der Waals surface area contributed by atoms with E-state index >= 15 is 0 Å². The molecule has 0 aromatic heterocycles. The second kappa shape index (κ2) is 14.4. The molecule has 0 unspecified atom stereocenters. The summed E-state index contributed by atoms with van der Waals surface area (Å²) in [5.74, 6) is 0. The number of fused-ring (bicyclic) bond motifs is 6. The molecule has 0 bridgehead atoms. The maximum atomic E-state index is 2.38. The Balaban J connectivity index is 0.905. The Morgan fingerprint density at radius 3 is 1.26 bits per heavy atom. The first-order valence-corrected chi connectivity index (χ1v) is 21.1. The van der Waals surface area contributed by atoms with Gasteiger partial charge in [-0.2, -0.15) is 0 Å². The first-order valence-electron chi connectivity index (χ1n) is 21.1. The first kappa shape index (κ1) is 35.0. The lowest BCUT2D eigenvalue weighted by atomic mass is 9.95. The molecule has 0 fully saturated rings. The minimum atomic E-state index is 1.10. The van der Waals surface area contributed by atoms with E-state index in [-0.39, 0.29) is 0 Å². The van der Waals surface area contributed by atoms with E-state index in [2.05, 4.69) is 241 Å². The van der Waals surface area contributed by atoms with Crippen LogP contribution in [0.4, 0.5) is 17.1 Å². The number of hydrogen-bond acceptors (Lipinski definition) is 1. The predicted molar refractivity (Wildman–Crippen MR) is 260 cm³/mol. The SMILES string of the molecule is c1ccc(-c2cccc(N(c3ccc(-c4cc5c6c(cccc6c4)-c4ccccc4-5)cc3)c3ccc(-c4ccc5c(ccc6cc(-c7ccccc7)ccc65)c4)cc3)c2)cc1.